The van der Waals surface area contributed by atoms with Crippen LogP contribution >= 0.6 is 0 Å². The highest BCUT2D eigenvalue weighted by atomic mass is 16.6. The molecule has 2 aliphatic rings. The molecule has 9 heteroatoms. The molecule has 2 saturated heterocycles. The summed E-state index contributed by atoms with van der Waals surface area (Å²) in [6.07, 6.45) is 1.52. The molecule has 2 fully saturated rings. The molecule has 4 heterocycles. The minimum absolute atomic E-state index is 0.273. The molecule has 23 heavy (non-hydrogen) atoms. The van der Waals surface area contributed by atoms with Crippen LogP contribution in [0.1, 0.15) is 19.1 Å². The normalized spacial score (nSPS) is 34.4. The predicted octanol–water partition coefficient (Wildman–Crippen LogP) is -0.973. The van der Waals surface area contributed by atoms with E-state index in [1.54, 1.807) is 4.57 Å². The zero-order valence-electron chi connectivity index (χ0n) is 12.5. The summed E-state index contributed by atoms with van der Waals surface area (Å²) >= 11 is 0. The van der Waals surface area contributed by atoms with Crippen LogP contribution in [-0.4, -0.2) is 61.1 Å². The van der Waals surface area contributed by atoms with Gasteiger partial charge in [-0.15, -0.1) is 0 Å². The lowest BCUT2D eigenvalue weighted by atomic mass is 9.97. The van der Waals surface area contributed by atoms with E-state index in [0.29, 0.717) is 23.5 Å². The van der Waals surface area contributed by atoms with Gasteiger partial charge in [-0.3, -0.25) is 4.57 Å². The standard InChI is InChI=1S/C14H20N6O3/c15-12-9-13(18-5-17-12)20(6-19-9)14-11(22)10(21)8(23-14)3-7-1-2-16-4-7/h5-8,10-11,14,16,21-22H,1-4H2,(H2,15,17,18)/t7?,8-,10-,11-,14-/m1/s1. The van der Waals surface area contributed by atoms with E-state index in [9.17, 15) is 10.2 Å². The van der Waals surface area contributed by atoms with Crippen molar-refractivity contribution in [3.63, 3.8) is 0 Å². The number of imidazole rings is 1. The third kappa shape index (κ3) is 2.45. The number of hydrogen-bond acceptors (Lipinski definition) is 8. The summed E-state index contributed by atoms with van der Waals surface area (Å²) in [4.78, 5) is 12.2. The lowest BCUT2D eigenvalue weighted by molar-refractivity contribution is -0.0406. The van der Waals surface area contributed by atoms with Crippen LogP contribution in [0.3, 0.4) is 0 Å². The second-order valence-electron chi connectivity index (χ2n) is 6.22. The van der Waals surface area contributed by atoms with Crippen molar-refractivity contribution < 1.29 is 14.9 Å². The third-order valence-corrected chi connectivity index (χ3v) is 4.73. The molecule has 2 aliphatic heterocycles. The largest absolute Gasteiger partial charge is 0.388 e. The van der Waals surface area contributed by atoms with Crippen molar-refractivity contribution in [2.24, 2.45) is 5.92 Å². The Kier molecular flexibility index (Phi) is 3.64. The van der Waals surface area contributed by atoms with Crippen LogP contribution in [0, 0.1) is 5.92 Å². The fourth-order valence-electron chi connectivity index (χ4n) is 3.45. The molecule has 5 atom stereocenters. The molecule has 0 spiro atoms. The monoisotopic (exact) mass is 320 g/mol. The summed E-state index contributed by atoms with van der Waals surface area (Å²) in [7, 11) is 0. The quantitative estimate of drug-likeness (QED) is 0.568. The first kappa shape index (κ1) is 14.8. The molecule has 124 valence electrons. The van der Waals surface area contributed by atoms with Crippen molar-refractivity contribution in [1.82, 2.24) is 24.8 Å². The number of ether oxygens (including phenoxy) is 1. The molecule has 9 nitrogen and oxygen atoms in total. The van der Waals surface area contributed by atoms with Crippen LogP contribution in [0.4, 0.5) is 5.82 Å². The van der Waals surface area contributed by atoms with E-state index >= 15 is 0 Å². The van der Waals surface area contributed by atoms with Gasteiger partial charge in [0.25, 0.3) is 0 Å². The van der Waals surface area contributed by atoms with Gasteiger partial charge in [0.05, 0.1) is 12.4 Å². The maximum Gasteiger partial charge on any atom is 0.167 e. The summed E-state index contributed by atoms with van der Waals surface area (Å²) in [6.45, 7) is 1.91. The van der Waals surface area contributed by atoms with E-state index in [4.69, 9.17) is 10.5 Å². The maximum atomic E-state index is 10.4. The van der Waals surface area contributed by atoms with Crippen LogP contribution in [0.15, 0.2) is 12.7 Å². The van der Waals surface area contributed by atoms with E-state index < -0.39 is 24.5 Å². The molecule has 4 rings (SSSR count). The highest BCUT2D eigenvalue weighted by Gasteiger charge is 2.45. The molecule has 0 bridgehead atoms. The number of nitrogen functional groups attached to an aromatic ring is 1. The first-order chi connectivity index (χ1) is 11.1. The van der Waals surface area contributed by atoms with Gasteiger partial charge in [-0.2, -0.15) is 0 Å². The number of aromatic nitrogens is 4. The first-order valence-electron chi connectivity index (χ1n) is 7.80. The molecule has 0 radical (unpaired) electrons. The molecule has 2 aromatic heterocycles. The molecule has 0 aromatic carbocycles. The Morgan fingerprint density at radius 3 is 2.96 bits per heavy atom. The molecule has 1 unspecified atom stereocenters. The number of rotatable bonds is 3. The second-order valence-corrected chi connectivity index (χ2v) is 6.22. The maximum absolute atomic E-state index is 10.4. The van der Waals surface area contributed by atoms with Crippen LogP contribution in [-0.2, 0) is 4.74 Å². The molecular weight excluding hydrogens is 300 g/mol. The smallest absolute Gasteiger partial charge is 0.167 e. The van der Waals surface area contributed by atoms with Crippen LogP contribution in [0.25, 0.3) is 11.2 Å². The number of nitrogens with zero attached hydrogens (tertiary/aromatic N) is 4. The van der Waals surface area contributed by atoms with E-state index in [-0.39, 0.29) is 5.82 Å². The zero-order chi connectivity index (χ0) is 16.0. The van der Waals surface area contributed by atoms with Gasteiger partial charge < -0.3 is 26.0 Å². The number of anilines is 1. The molecule has 2 aromatic rings. The number of aliphatic hydroxyl groups excluding tert-OH is 2. The Morgan fingerprint density at radius 2 is 2.17 bits per heavy atom. The average molecular weight is 320 g/mol. The minimum Gasteiger partial charge on any atom is -0.388 e. The zero-order valence-corrected chi connectivity index (χ0v) is 12.5. The lowest BCUT2D eigenvalue weighted by Gasteiger charge is -2.18. The van der Waals surface area contributed by atoms with Gasteiger partial charge in [0.15, 0.2) is 17.7 Å². The number of nitrogens with one attached hydrogen (secondary N) is 1. The van der Waals surface area contributed by atoms with Gasteiger partial charge in [-0.05, 0) is 31.8 Å². The number of hydrogen-bond donors (Lipinski definition) is 4. The Hall–Kier alpha value is -1.81. The van der Waals surface area contributed by atoms with Crippen molar-refractivity contribution in [2.75, 3.05) is 18.8 Å². The van der Waals surface area contributed by atoms with Crippen molar-refractivity contribution in [1.29, 1.82) is 0 Å². The van der Waals surface area contributed by atoms with Crippen LogP contribution in [0.5, 0.6) is 0 Å². The van der Waals surface area contributed by atoms with Crippen molar-refractivity contribution in [3.05, 3.63) is 12.7 Å². The topological polar surface area (TPSA) is 131 Å². The summed E-state index contributed by atoms with van der Waals surface area (Å²) in [6, 6.07) is 0. The average Bonchev–Trinajstić information content (AvgIpc) is 3.24. The van der Waals surface area contributed by atoms with Gasteiger partial charge in [-0.1, -0.05) is 0 Å². The van der Waals surface area contributed by atoms with Crippen molar-refractivity contribution in [3.8, 4) is 0 Å². The second kappa shape index (κ2) is 5.68. The third-order valence-electron chi connectivity index (χ3n) is 4.73. The summed E-state index contributed by atoms with van der Waals surface area (Å²) in [5.74, 6) is 0.730. The van der Waals surface area contributed by atoms with Gasteiger partial charge in [0.1, 0.15) is 24.1 Å². The number of fused-ring (bicyclic) bond motifs is 1. The molecule has 0 amide bonds. The highest BCUT2D eigenvalue weighted by Crippen LogP contribution is 2.35. The Labute approximate surface area is 132 Å². The van der Waals surface area contributed by atoms with Crippen LogP contribution in [0.2, 0.25) is 0 Å². The summed E-state index contributed by atoms with van der Waals surface area (Å²) in [5.41, 5.74) is 6.72. The number of nitrogens with two attached hydrogens (primary N) is 1. The van der Waals surface area contributed by atoms with Gasteiger partial charge in [0, 0.05) is 0 Å². The SMILES string of the molecule is Nc1ncnc2c1ncn2[C@@H]1O[C@H](CC2CCNC2)[C@@H](O)[C@H]1O. The molecule has 0 aliphatic carbocycles. The highest BCUT2D eigenvalue weighted by molar-refractivity contribution is 5.81. The molecule has 5 N–H and O–H groups in total. The van der Waals surface area contributed by atoms with Crippen molar-refractivity contribution >= 4 is 17.0 Å². The Morgan fingerprint density at radius 1 is 1.30 bits per heavy atom. The summed E-state index contributed by atoms with van der Waals surface area (Å²) < 4.78 is 7.54. The predicted molar refractivity (Wildman–Crippen MR) is 81.3 cm³/mol. The van der Waals surface area contributed by atoms with E-state index in [2.05, 4.69) is 20.3 Å². The van der Waals surface area contributed by atoms with Gasteiger partial charge in [-0.25, -0.2) is 15.0 Å². The fourth-order valence-corrected chi connectivity index (χ4v) is 3.45. The minimum atomic E-state index is -1.04. The van der Waals surface area contributed by atoms with Gasteiger partial charge in [0.2, 0.25) is 0 Å². The number of aliphatic hydroxyl groups is 2. The Bertz CT molecular complexity index is 701. The van der Waals surface area contributed by atoms with Crippen molar-refractivity contribution in [2.45, 2.75) is 37.4 Å². The van der Waals surface area contributed by atoms with E-state index in [0.717, 1.165) is 19.5 Å². The molecular formula is C14H20N6O3. The fraction of sp³-hybridized carbons (Fsp3) is 0.643. The first-order valence-corrected chi connectivity index (χ1v) is 7.80. The molecule has 0 saturated carbocycles. The van der Waals surface area contributed by atoms with Crippen LogP contribution < -0.4 is 11.1 Å². The summed E-state index contributed by atoms with van der Waals surface area (Å²) in [5, 5.41) is 24.0. The Balaban J connectivity index is 1.59. The van der Waals surface area contributed by atoms with Gasteiger partial charge >= 0.3 is 0 Å². The lowest BCUT2D eigenvalue weighted by Crippen LogP contribution is -2.32. The van der Waals surface area contributed by atoms with E-state index in [1.165, 1.54) is 12.7 Å². The van der Waals surface area contributed by atoms with E-state index in [1.807, 2.05) is 0 Å².